The van der Waals surface area contributed by atoms with Gasteiger partial charge in [0.2, 0.25) is 10.0 Å². The molecule has 0 saturated carbocycles. The molecule has 0 aromatic rings. The molecule has 0 aliphatic carbocycles. The van der Waals surface area contributed by atoms with E-state index in [1.165, 1.54) is 4.31 Å². The van der Waals surface area contributed by atoms with Gasteiger partial charge >= 0.3 is 5.97 Å². The molecule has 0 bridgehead atoms. The average Bonchev–Trinajstić information content (AvgIpc) is 2.46. The lowest BCUT2D eigenvalue weighted by molar-refractivity contribution is -0.141. The van der Waals surface area contributed by atoms with Crippen molar-refractivity contribution in [3.05, 3.63) is 0 Å². The maximum Gasteiger partial charge on any atom is 0.307 e. The van der Waals surface area contributed by atoms with Crippen LogP contribution >= 0.6 is 0 Å². The van der Waals surface area contributed by atoms with Gasteiger partial charge in [-0.05, 0) is 11.8 Å². The summed E-state index contributed by atoms with van der Waals surface area (Å²) in [5.74, 6) is -1.39. The molecule has 1 aliphatic rings. The molecule has 0 radical (unpaired) electrons. The number of hydrogen-bond donors (Lipinski definition) is 1. The molecule has 1 heterocycles. The Kier molecular flexibility index (Phi) is 3.64. The first-order valence-electron chi connectivity index (χ1n) is 5.32. The van der Waals surface area contributed by atoms with Gasteiger partial charge in [-0.1, -0.05) is 20.8 Å². The topological polar surface area (TPSA) is 74.7 Å². The van der Waals surface area contributed by atoms with Gasteiger partial charge in [-0.25, -0.2) is 12.7 Å². The maximum atomic E-state index is 11.9. The van der Waals surface area contributed by atoms with E-state index >= 15 is 0 Å². The van der Waals surface area contributed by atoms with Crippen LogP contribution in [0, 0.1) is 11.3 Å². The molecule has 0 aromatic heterocycles. The van der Waals surface area contributed by atoms with Crippen molar-refractivity contribution in [2.24, 2.45) is 11.3 Å². The molecule has 1 aliphatic heterocycles. The van der Waals surface area contributed by atoms with Gasteiger partial charge in [0.1, 0.15) is 0 Å². The van der Waals surface area contributed by atoms with Gasteiger partial charge < -0.3 is 5.11 Å². The predicted octanol–water partition coefficient (Wildman–Crippen LogP) is 0.769. The van der Waals surface area contributed by atoms with Crippen LogP contribution in [0.4, 0.5) is 0 Å². The monoisotopic (exact) mass is 249 g/mol. The first-order chi connectivity index (χ1) is 7.12. The standard InChI is InChI=1S/C10H19NO4S/c1-10(2,3)7-16(14,15)11-5-4-8(6-11)9(12)13/h8H,4-7H2,1-3H3,(H,12,13). The van der Waals surface area contributed by atoms with E-state index in [-0.39, 0.29) is 17.7 Å². The lowest BCUT2D eigenvalue weighted by Crippen LogP contribution is -2.36. The SMILES string of the molecule is CC(C)(C)CS(=O)(=O)N1CCC(C(=O)O)C1. The molecular formula is C10H19NO4S. The smallest absolute Gasteiger partial charge is 0.307 e. The normalized spacial score (nSPS) is 23.6. The van der Waals surface area contributed by atoms with Gasteiger partial charge in [-0.2, -0.15) is 0 Å². The number of nitrogens with zero attached hydrogens (tertiary/aromatic N) is 1. The van der Waals surface area contributed by atoms with E-state index in [0.717, 1.165) is 0 Å². The number of carbonyl (C=O) groups is 1. The van der Waals surface area contributed by atoms with E-state index < -0.39 is 21.9 Å². The van der Waals surface area contributed by atoms with Crippen molar-refractivity contribution in [1.82, 2.24) is 4.31 Å². The zero-order valence-corrected chi connectivity index (χ0v) is 10.7. The summed E-state index contributed by atoms with van der Waals surface area (Å²) >= 11 is 0. The molecule has 1 atom stereocenters. The fourth-order valence-electron chi connectivity index (χ4n) is 1.82. The van der Waals surface area contributed by atoms with Crippen LogP contribution in [0.15, 0.2) is 0 Å². The molecule has 1 rings (SSSR count). The van der Waals surface area contributed by atoms with Crippen LogP contribution in [-0.2, 0) is 14.8 Å². The zero-order valence-electron chi connectivity index (χ0n) is 9.93. The predicted molar refractivity (Wildman–Crippen MR) is 60.6 cm³/mol. The van der Waals surface area contributed by atoms with Gasteiger partial charge in [0.15, 0.2) is 0 Å². The summed E-state index contributed by atoms with van der Waals surface area (Å²) in [5, 5.41) is 8.81. The summed E-state index contributed by atoms with van der Waals surface area (Å²) in [5.41, 5.74) is -0.305. The number of rotatable bonds is 3. The van der Waals surface area contributed by atoms with Gasteiger partial charge in [-0.3, -0.25) is 4.79 Å². The minimum atomic E-state index is -3.31. The first-order valence-corrected chi connectivity index (χ1v) is 6.93. The van der Waals surface area contributed by atoms with Crippen LogP contribution in [0.5, 0.6) is 0 Å². The molecule has 0 amide bonds. The Morgan fingerprint density at radius 3 is 2.38 bits per heavy atom. The molecule has 0 spiro atoms. The molecule has 0 aromatic carbocycles. The Morgan fingerprint density at radius 2 is 2.00 bits per heavy atom. The van der Waals surface area contributed by atoms with E-state index in [4.69, 9.17) is 5.11 Å². The summed E-state index contributed by atoms with van der Waals surface area (Å²) in [7, 11) is -3.31. The van der Waals surface area contributed by atoms with Gasteiger partial charge in [0.05, 0.1) is 11.7 Å². The second-order valence-corrected chi connectivity index (χ2v) is 7.47. The third-order valence-corrected chi connectivity index (χ3v) is 4.86. The Balaban J connectivity index is 2.70. The molecule has 5 nitrogen and oxygen atoms in total. The van der Waals surface area contributed by atoms with E-state index in [1.54, 1.807) is 0 Å². The second kappa shape index (κ2) is 4.33. The molecule has 94 valence electrons. The second-order valence-electron chi connectivity index (χ2n) is 5.50. The summed E-state index contributed by atoms with van der Waals surface area (Å²) in [4.78, 5) is 10.7. The van der Waals surface area contributed by atoms with Crippen LogP contribution in [0.2, 0.25) is 0 Å². The Hall–Kier alpha value is -0.620. The van der Waals surface area contributed by atoms with Crippen molar-refractivity contribution >= 4 is 16.0 Å². The number of hydrogen-bond acceptors (Lipinski definition) is 3. The highest BCUT2D eigenvalue weighted by Crippen LogP contribution is 2.24. The van der Waals surface area contributed by atoms with Crippen molar-refractivity contribution in [1.29, 1.82) is 0 Å². The van der Waals surface area contributed by atoms with E-state index in [0.29, 0.717) is 13.0 Å². The van der Waals surface area contributed by atoms with Crippen LogP contribution in [0.25, 0.3) is 0 Å². The number of sulfonamides is 1. The van der Waals surface area contributed by atoms with Crippen molar-refractivity contribution in [2.75, 3.05) is 18.8 Å². The quantitative estimate of drug-likeness (QED) is 0.801. The number of carboxylic acid groups (broad SMARTS) is 1. The fraction of sp³-hybridized carbons (Fsp3) is 0.900. The molecule has 1 unspecified atom stereocenters. The van der Waals surface area contributed by atoms with Crippen molar-refractivity contribution < 1.29 is 18.3 Å². The van der Waals surface area contributed by atoms with Crippen LogP contribution in [-0.4, -0.2) is 42.6 Å². The fourth-order valence-corrected chi connectivity index (χ4v) is 3.89. The summed E-state index contributed by atoms with van der Waals surface area (Å²) in [6.45, 7) is 6.02. The summed E-state index contributed by atoms with van der Waals surface area (Å²) < 4.78 is 25.2. The Bertz CT molecular complexity index is 369. The van der Waals surface area contributed by atoms with Gasteiger partial charge in [0, 0.05) is 13.1 Å². The largest absolute Gasteiger partial charge is 0.481 e. The zero-order chi connectivity index (χ0) is 12.6. The van der Waals surface area contributed by atoms with Crippen LogP contribution in [0.1, 0.15) is 27.2 Å². The Labute approximate surface area is 96.5 Å². The first kappa shape index (κ1) is 13.4. The van der Waals surface area contributed by atoms with E-state index in [9.17, 15) is 13.2 Å². The molecule has 1 fully saturated rings. The minimum absolute atomic E-state index is 0.0618. The van der Waals surface area contributed by atoms with Gasteiger partial charge in [0.25, 0.3) is 0 Å². The lowest BCUT2D eigenvalue weighted by Gasteiger charge is -2.23. The minimum Gasteiger partial charge on any atom is -0.481 e. The average molecular weight is 249 g/mol. The highest BCUT2D eigenvalue weighted by molar-refractivity contribution is 7.89. The number of carboxylic acids is 1. The third kappa shape index (κ3) is 3.45. The summed E-state index contributed by atoms with van der Waals surface area (Å²) in [6, 6.07) is 0. The lowest BCUT2D eigenvalue weighted by atomic mass is 10.0. The van der Waals surface area contributed by atoms with Gasteiger partial charge in [-0.15, -0.1) is 0 Å². The van der Waals surface area contributed by atoms with E-state index in [2.05, 4.69) is 0 Å². The highest BCUT2D eigenvalue weighted by atomic mass is 32.2. The highest BCUT2D eigenvalue weighted by Gasteiger charge is 2.36. The van der Waals surface area contributed by atoms with E-state index in [1.807, 2.05) is 20.8 Å². The molecule has 16 heavy (non-hydrogen) atoms. The van der Waals surface area contributed by atoms with Crippen LogP contribution in [0.3, 0.4) is 0 Å². The van der Waals surface area contributed by atoms with Crippen LogP contribution < -0.4 is 0 Å². The molecular weight excluding hydrogens is 230 g/mol. The third-order valence-electron chi connectivity index (χ3n) is 2.51. The molecule has 1 N–H and O–H groups in total. The molecule has 1 saturated heterocycles. The molecule has 6 heteroatoms. The van der Waals surface area contributed by atoms with Crippen molar-refractivity contribution in [3.63, 3.8) is 0 Å². The van der Waals surface area contributed by atoms with Crippen molar-refractivity contribution in [2.45, 2.75) is 27.2 Å². The Morgan fingerprint density at radius 1 is 1.44 bits per heavy atom. The number of aliphatic carboxylic acids is 1. The summed E-state index contributed by atoms with van der Waals surface area (Å²) in [6.07, 6.45) is 0.415. The maximum absolute atomic E-state index is 11.9. The van der Waals surface area contributed by atoms with Crippen molar-refractivity contribution in [3.8, 4) is 0 Å².